The second kappa shape index (κ2) is 5.60. The maximum absolute atomic E-state index is 14.9. The molecule has 1 aliphatic carbocycles. The van der Waals surface area contributed by atoms with Gasteiger partial charge in [-0.1, -0.05) is 11.8 Å². The van der Waals surface area contributed by atoms with Crippen molar-refractivity contribution >= 4 is 38.7 Å². The number of hydrogen-bond donors (Lipinski definition) is 0. The summed E-state index contributed by atoms with van der Waals surface area (Å²) in [4.78, 5) is 21.5. The van der Waals surface area contributed by atoms with E-state index in [0.717, 1.165) is 17.4 Å². The number of aromatic nitrogens is 3. The third-order valence-electron chi connectivity index (χ3n) is 4.45. The van der Waals surface area contributed by atoms with Crippen LogP contribution < -0.4 is 5.56 Å². The van der Waals surface area contributed by atoms with Crippen molar-refractivity contribution in [1.29, 1.82) is 0 Å². The van der Waals surface area contributed by atoms with E-state index in [-0.39, 0.29) is 5.56 Å². The predicted molar refractivity (Wildman–Crippen MR) is 90.4 cm³/mol. The Morgan fingerprint density at radius 3 is 2.86 bits per heavy atom. The molecule has 0 amide bonds. The Labute approximate surface area is 140 Å². The molecule has 0 saturated heterocycles. The van der Waals surface area contributed by atoms with E-state index in [0.29, 0.717) is 28.1 Å². The van der Waals surface area contributed by atoms with Gasteiger partial charge in [-0.3, -0.25) is 9.36 Å². The van der Waals surface area contributed by atoms with Crippen LogP contribution in [0.25, 0.3) is 11.0 Å². The Morgan fingerprint density at radius 2 is 2.27 bits per heavy atom. The van der Waals surface area contributed by atoms with Gasteiger partial charge in [0.05, 0.1) is 10.5 Å². The molecule has 2 atom stereocenters. The first-order chi connectivity index (χ1) is 10.4. The Morgan fingerprint density at radius 1 is 1.55 bits per heavy atom. The molecule has 1 aliphatic rings. The molecule has 0 spiro atoms. The smallest absolute Gasteiger partial charge is 0.267 e. The minimum absolute atomic E-state index is 0.216. The largest absolute Gasteiger partial charge is 0.285 e. The van der Waals surface area contributed by atoms with Gasteiger partial charge in [0.1, 0.15) is 11.3 Å². The number of pyridine rings is 1. The van der Waals surface area contributed by atoms with Crippen molar-refractivity contribution in [2.45, 2.75) is 50.0 Å². The highest BCUT2D eigenvalue weighted by Gasteiger charge is 2.42. The second-order valence-electron chi connectivity index (χ2n) is 5.89. The lowest BCUT2D eigenvalue weighted by molar-refractivity contribution is 0.137. The molecule has 118 valence electrons. The third-order valence-corrected chi connectivity index (χ3v) is 5.94. The summed E-state index contributed by atoms with van der Waals surface area (Å²) >= 11 is 4.76. The van der Waals surface area contributed by atoms with E-state index < -0.39 is 11.7 Å². The van der Waals surface area contributed by atoms with Crippen molar-refractivity contribution in [3.05, 3.63) is 26.6 Å². The van der Waals surface area contributed by atoms with Crippen LogP contribution in [0.15, 0.2) is 20.6 Å². The highest BCUT2D eigenvalue weighted by atomic mass is 79.9. The van der Waals surface area contributed by atoms with Gasteiger partial charge in [0.25, 0.3) is 5.56 Å². The Kier molecular flexibility index (Phi) is 4.05. The number of thioether (sulfide) groups is 1. The highest BCUT2D eigenvalue weighted by Crippen LogP contribution is 2.42. The van der Waals surface area contributed by atoms with Crippen molar-refractivity contribution in [3.63, 3.8) is 0 Å². The summed E-state index contributed by atoms with van der Waals surface area (Å²) in [6.07, 6.45) is 5.49. The molecular weight excluding hydrogens is 369 g/mol. The molecular formula is C15H17BrFN3OS. The molecule has 0 unspecified atom stereocenters. The van der Waals surface area contributed by atoms with Gasteiger partial charge in [0, 0.05) is 11.6 Å². The number of aryl methyl sites for hydroxylation is 1. The van der Waals surface area contributed by atoms with Gasteiger partial charge in [-0.05, 0) is 60.9 Å². The number of rotatable bonds is 2. The average Bonchev–Trinajstić information content (AvgIpc) is 2.84. The summed E-state index contributed by atoms with van der Waals surface area (Å²) in [7, 11) is 0. The van der Waals surface area contributed by atoms with E-state index in [4.69, 9.17) is 0 Å². The summed E-state index contributed by atoms with van der Waals surface area (Å²) < 4.78 is 16.9. The van der Waals surface area contributed by atoms with Gasteiger partial charge in [0.2, 0.25) is 0 Å². The quantitative estimate of drug-likeness (QED) is 0.578. The van der Waals surface area contributed by atoms with E-state index >= 15 is 0 Å². The van der Waals surface area contributed by atoms with Crippen LogP contribution in [0.1, 0.15) is 37.8 Å². The normalized spacial score (nSPS) is 25.0. The van der Waals surface area contributed by atoms with Crippen LogP contribution in [0, 0.1) is 6.92 Å². The summed E-state index contributed by atoms with van der Waals surface area (Å²) in [5.74, 6) is 0. The SMILES string of the molecule is CSc1ncc2c(C)c(Br)c(=O)n([C@@H]3CCC[C@@]3(C)F)c2n1. The Hall–Kier alpha value is -0.950. The fourth-order valence-corrected chi connectivity index (χ4v) is 3.92. The first-order valence-electron chi connectivity index (χ1n) is 7.17. The molecule has 0 radical (unpaired) electrons. The van der Waals surface area contributed by atoms with Gasteiger partial charge in [-0.2, -0.15) is 0 Å². The van der Waals surface area contributed by atoms with E-state index in [9.17, 15) is 9.18 Å². The fourth-order valence-electron chi connectivity index (χ4n) is 3.18. The molecule has 0 aromatic carbocycles. The van der Waals surface area contributed by atoms with Crippen molar-refractivity contribution in [2.24, 2.45) is 0 Å². The van der Waals surface area contributed by atoms with Crippen LogP contribution in [0.2, 0.25) is 0 Å². The van der Waals surface area contributed by atoms with E-state index in [1.165, 1.54) is 16.3 Å². The highest BCUT2D eigenvalue weighted by molar-refractivity contribution is 9.10. The molecule has 0 N–H and O–H groups in total. The fraction of sp³-hybridized carbons (Fsp3) is 0.533. The molecule has 22 heavy (non-hydrogen) atoms. The van der Waals surface area contributed by atoms with Gasteiger partial charge < -0.3 is 0 Å². The van der Waals surface area contributed by atoms with Crippen molar-refractivity contribution in [2.75, 3.05) is 6.26 Å². The minimum atomic E-state index is -1.39. The standard InChI is InChI=1S/C15H17BrFN3OS/c1-8-9-7-18-14(22-3)19-12(9)20(13(21)11(8)16)10-5-4-6-15(10,2)17/h7,10H,4-6H2,1-3H3/t10-,15-/m1/s1. The molecule has 4 nitrogen and oxygen atoms in total. The van der Waals surface area contributed by atoms with Crippen molar-refractivity contribution in [3.8, 4) is 0 Å². The molecule has 0 bridgehead atoms. The van der Waals surface area contributed by atoms with Crippen LogP contribution in [-0.4, -0.2) is 26.5 Å². The number of fused-ring (bicyclic) bond motifs is 1. The lowest BCUT2D eigenvalue weighted by Gasteiger charge is -2.26. The van der Waals surface area contributed by atoms with Crippen LogP contribution in [0.4, 0.5) is 4.39 Å². The molecule has 3 rings (SSSR count). The first-order valence-corrected chi connectivity index (χ1v) is 9.19. The summed E-state index contributed by atoms with van der Waals surface area (Å²) in [5.41, 5.74) is -0.287. The molecule has 2 aromatic rings. The number of hydrogen-bond acceptors (Lipinski definition) is 4. The lowest BCUT2D eigenvalue weighted by atomic mass is 10.0. The monoisotopic (exact) mass is 385 g/mol. The third kappa shape index (κ3) is 2.38. The Bertz CT molecular complexity index is 805. The number of halogens is 2. The van der Waals surface area contributed by atoms with Crippen molar-refractivity contribution in [1.82, 2.24) is 14.5 Å². The zero-order valence-corrected chi connectivity index (χ0v) is 15.1. The number of alkyl halides is 1. The lowest BCUT2D eigenvalue weighted by Crippen LogP contribution is -2.35. The second-order valence-corrected chi connectivity index (χ2v) is 7.46. The summed E-state index contributed by atoms with van der Waals surface area (Å²) in [5, 5.41) is 1.37. The maximum atomic E-state index is 14.9. The van der Waals surface area contributed by atoms with E-state index in [1.807, 2.05) is 13.2 Å². The van der Waals surface area contributed by atoms with Gasteiger partial charge >= 0.3 is 0 Å². The van der Waals surface area contributed by atoms with Crippen LogP contribution >= 0.6 is 27.7 Å². The summed E-state index contributed by atoms with van der Waals surface area (Å²) in [6, 6.07) is -0.482. The zero-order valence-electron chi connectivity index (χ0n) is 12.7. The van der Waals surface area contributed by atoms with Gasteiger partial charge in [-0.15, -0.1) is 0 Å². The van der Waals surface area contributed by atoms with Crippen LogP contribution in [-0.2, 0) is 0 Å². The van der Waals surface area contributed by atoms with Crippen LogP contribution in [0.5, 0.6) is 0 Å². The topological polar surface area (TPSA) is 47.8 Å². The maximum Gasteiger partial charge on any atom is 0.267 e. The Balaban J connectivity index is 2.39. The molecule has 1 fully saturated rings. The minimum Gasteiger partial charge on any atom is -0.285 e. The summed E-state index contributed by atoms with van der Waals surface area (Å²) in [6.45, 7) is 3.43. The molecule has 2 aromatic heterocycles. The van der Waals surface area contributed by atoms with Crippen molar-refractivity contribution < 1.29 is 4.39 Å². The number of nitrogens with zero attached hydrogens (tertiary/aromatic N) is 3. The van der Waals surface area contributed by atoms with Crippen LogP contribution in [0.3, 0.4) is 0 Å². The zero-order chi connectivity index (χ0) is 16.1. The molecule has 1 saturated carbocycles. The van der Waals surface area contributed by atoms with E-state index in [1.54, 1.807) is 13.1 Å². The average molecular weight is 386 g/mol. The molecule has 2 heterocycles. The first kappa shape index (κ1) is 15.9. The van der Waals surface area contributed by atoms with E-state index in [2.05, 4.69) is 25.9 Å². The molecule has 7 heteroatoms. The molecule has 0 aliphatic heterocycles. The van der Waals surface area contributed by atoms with Gasteiger partial charge in [0.15, 0.2) is 5.16 Å². The predicted octanol–water partition coefficient (Wildman–Crippen LogP) is 4.04. The van der Waals surface area contributed by atoms with Gasteiger partial charge in [-0.25, -0.2) is 14.4 Å².